The first-order chi connectivity index (χ1) is 9.84. The highest BCUT2D eigenvalue weighted by molar-refractivity contribution is 7.09. The fourth-order valence-corrected chi connectivity index (χ4v) is 4.09. The number of amides is 1. The van der Waals surface area contributed by atoms with E-state index in [-0.39, 0.29) is 6.04 Å². The summed E-state index contributed by atoms with van der Waals surface area (Å²) in [5, 5.41) is 3.11. The van der Waals surface area contributed by atoms with Crippen molar-refractivity contribution in [3.05, 3.63) is 16.6 Å². The lowest BCUT2D eigenvalue weighted by atomic mass is 10.1. The monoisotopic (exact) mass is 293 g/mol. The minimum absolute atomic E-state index is 0.240. The molecule has 0 aromatic carbocycles. The van der Waals surface area contributed by atoms with Crippen LogP contribution in [0.4, 0.5) is 0 Å². The van der Waals surface area contributed by atoms with Gasteiger partial charge in [0, 0.05) is 31.1 Å². The molecule has 3 rings (SSSR count). The third kappa shape index (κ3) is 3.20. The molecule has 3 heterocycles. The van der Waals surface area contributed by atoms with Crippen molar-refractivity contribution in [1.82, 2.24) is 14.8 Å². The van der Waals surface area contributed by atoms with Crippen LogP contribution < -0.4 is 0 Å². The van der Waals surface area contributed by atoms with Crippen LogP contribution in [0.5, 0.6) is 0 Å². The third-order valence-corrected chi connectivity index (χ3v) is 5.28. The Hall–Kier alpha value is -0.940. The molecule has 110 valence electrons. The van der Waals surface area contributed by atoms with Crippen LogP contribution in [0.1, 0.15) is 49.6 Å². The van der Waals surface area contributed by atoms with Gasteiger partial charge in [0.05, 0.1) is 6.04 Å². The molecule has 2 aliphatic rings. The van der Waals surface area contributed by atoms with E-state index >= 15 is 0 Å². The molecule has 0 aliphatic carbocycles. The van der Waals surface area contributed by atoms with Gasteiger partial charge in [-0.15, -0.1) is 11.3 Å². The zero-order chi connectivity index (χ0) is 13.8. The predicted octanol–water partition coefficient (Wildman–Crippen LogP) is 2.68. The lowest BCUT2D eigenvalue weighted by Crippen LogP contribution is -2.36. The summed E-state index contributed by atoms with van der Waals surface area (Å²) in [6, 6.07) is 0.240. The molecule has 1 aromatic heterocycles. The largest absolute Gasteiger partial charge is 0.333 e. The molecule has 0 N–H and O–H groups in total. The molecule has 0 radical (unpaired) electrons. The quantitative estimate of drug-likeness (QED) is 0.856. The Morgan fingerprint density at radius 1 is 1.25 bits per heavy atom. The van der Waals surface area contributed by atoms with E-state index in [4.69, 9.17) is 0 Å². The number of nitrogens with zero attached hydrogens (tertiary/aromatic N) is 3. The van der Waals surface area contributed by atoms with E-state index in [9.17, 15) is 4.79 Å². The van der Waals surface area contributed by atoms with Crippen LogP contribution in [0.3, 0.4) is 0 Å². The van der Waals surface area contributed by atoms with E-state index in [0.29, 0.717) is 12.3 Å². The highest BCUT2D eigenvalue weighted by atomic mass is 32.1. The molecule has 2 aliphatic heterocycles. The molecule has 1 unspecified atom stereocenters. The Kier molecular flexibility index (Phi) is 4.68. The number of likely N-dealkylation sites (tertiary alicyclic amines) is 2. The zero-order valence-corrected chi connectivity index (χ0v) is 12.8. The SMILES string of the molecule is O=C(CCN1CCCCC1)N1CCCC1c1nccs1. The second kappa shape index (κ2) is 6.68. The Labute approximate surface area is 124 Å². The number of aromatic nitrogens is 1. The summed E-state index contributed by atoms with van der Waals surface area (Å²) >= 11 is 1.67. The summed E-state index contributed by atoms with van der Waals surface area (Å²) in [6.45, 7) is 4.18. The van der Waals surface area contributed by atoms with E-state index in [2.05, 4.69) is 14.8 Å². The Bertz CT molecular complexity index is 428. The Morgan fingerprint density at radius 2 is 2.10 bits per heavy atom. The molecular weight excluding hydrogens is 270 g/mol. The third-order valence-electron chi connectivity index (χ3n) is 4.40. The van der Waals surface area contributed by atoms with Crippen molar-refractivity contribution >= 4 is 17.2 Å². The lowest BCUT2D eigenvalue weighted by molar-refractivity contribution is -0.132. The van der Waals surface area contributed by atoms with Gasteiger partial charge in [0.25, 0.3) is 0 Å². The van der Waals surface area contributed by atoms with Gasteiger partial charge in [-0.05, 0) is 38.8 Å². The van der Waals surface area contributed by atoms with Gasteiger partial charge in [0.15, 0.2) is 0 Å². The van der Waals surface area contributed by atoms with Gasteiger partial charge in [-0.3, -0.25) is 4.79 Å². The number of rotatable bonds is 4. The molecule has 2 fully saturated rings. The molecule has 0 saturated carbocycles. The van der Waals surface area contributed by atoms with Gasteiger partial charge >= 0.3 is 0 Å². The summed E-state index contributed by atoms with van der Waals surface area (Å²) in [5.74, 6) is 0.313. The normalized spacial score (nSPS) is 24.2. The smallest absolute Gasteiger partial charge is 0.224 e. The van der Waals surface area contributed by atoms with Crippen LogP contribution in [0.25, 0.3) is 0 Å². The molecule has 2 saturated heterocycles. The first-order valence-electron chi connectivity index (χ1n) is 7.76. The molecule has 0 bridgehead atoms. The van der Waals surface area contributed by atoms with Crippen molar-refractivity contribution in [2.75, 3.05) is 26.2 Å². The first kappa shape index (κ1) is 14.0. The van der Waals surface area contributed by atoms with Crippen molar-refractivity contribution in [2.24, 2.45) is 0 Å². The Balaban J connectivity index is 1.53. The number of carbonyl (C=O) groups is 1. The summed E-state index contributed by atoms with van der Waals surface area (Å²) in [5.41, 5.74) is 0. The maximum atomic E-state index is 12.5. The van der Waals surface area contributed by atoms with Crippen molar-refractivity contribution in [3.8, 4) is 0 Å². The van der Waals surface area contributed by atoms with Gasteiger partial charge in [-0.2, -0.15) is 0 Å². The summed E-state index contributed by atoms with van der Waals surface area (Å²) in [6.07, 6.45) is 8.63. The standard InChI is InChI=1S/C15H23N3OS/c19-14(6-11-17-8-2-1-3-9-17)18-10-4-5-13(18)15-16-7-12-20-15/h7,12-13H,1-6,8-11H2. The van der Waals surface area contributed by atoms with E-state index in [1.165, 1.54) is 32.4 Å². The number of piperidine rings is 1. The molecular formula is C15H23N3OS. The van der Waals surface area contributed by atoms with Crippen LogP contribution in [0.15, 0.2) is 11.6 Å². The van der Waals surface area contributed by atoms with Crippen molar-refractivity contribution in [1.29, 1.82) is 0 Å². The topological polar surface area (TPSA) is 36.4 Å². The minimum Gasteiger partial charge on any atom is -0.333 e. The molecule has 1 amide bonds. The average Bonchev–Trinajstić information content (AvgIpc) is 3.15. The number of hydrogen-bond donors (Lipinski definition) is 0. The second-order valence-corrected chi connectivity index (χ2v) is 6.69. The van der Waals surface area contributed by atoms with Crippen LogP contribution in [-0.4, -0.2) is 46.9 Å². The molecule has 4 nitrogen and oxygen atoms in total. The highest BCUT2D eigenvalue weighted by Crippen LogP contribution is 2.33. The van der Waals surface area contributed by atoms with Gasteiger partial charge in [0.2, 0.25) is 5.91 Å². The summed E-state index contributed by atoms with van der Waals surface area (Å²) in [4.78, 5) is 21.4. The van der Waals surface area contributed by atoms with Crippen molar-refractivity contribution < 1.29 is 4.79 Å². The predicted molar refractivity (Wildman–Crippen MR) is 80.7 cm³/mol. The van der Waals surface area contributed by atoms with E-state index in [0.717, 1.165) is 30.9 Å². The van der Waals surface area contributed by atoms with Gasteiger partial charge in [0.1, 0.15) is 5.01 Å². The van der Waals surface area contributed by atoms with Crippen LogP contribution in [0, 0.1) is 0 Å². The molecule has 5 heteroatoms. The number of thiazole rings is 1. The zero-order valence-electron chi connectivity index (χ0n) is 12.0. The second-order valence-electron chi connectivity index (χ2n) is 5.77. The molecule has 0 spiro atoms. The van der Waals surface area contributed by atoms with Gasteiger partial charge in [-0.1, -0.05) is 6.42 Å². The van der Waals surface area contributed by atoms with Crippen LogP contribution in [0.2, 0.25) is 0 Å². The fraction of sp³-hybridized carbons (Fsp3) is 0.733. The van der Waals surface area contributed by atoms with Crippen LogP contribution in [-0.2, 0) is 4.79 Å². The van der Waals surface area contributed by atoms with Gasteiger partial charge < -0.3 is 9.80 Å². The van der Waals surface area contributed by atoms with Gasteiger partial charge in [-0.25, -0.2) is 4.98 Å². The molecule has 1 aromatic rings. The lowest BCUT2D eigenvalue weighted by Gasteiger charge is -2.28. The highest BCUT2D eigenvalue weighted by Gasteiger charge is 2.31. The van der Waals surface area contributed by atoms with Crippen molar-refractivity contribution in [3.63, 3.8) is 0 Å². The summed E-state index contributed by atoms with van der Waals surface area (Å²) < 4.78 is 0. The number of carbonyl (C=O) groups excluding carboxylic acids is 1. The molecule has 20 heavy (non-hydrogen) atoms. The van der Waals surface area contributed by atoms with E-state index in [1.54, 1.807) is 11.3 Å². The van der Waals surface area contributed by atoms with Crippen molar-refractivity contribution in [2.45, 2.75) is 44.6 Å². The average molecular weight is 293 g/mol. The Morgan fingerprint density at radius 3 is 2.85 bits per heavy atom. The number of hydrogen-bond acceptors (Lipinski definition) is 4. The maximum Gasteiger partial charge on any atom is 0.224 e. The maximum absolute atomic E-state index is 12.5. The van der Waals surface area contributed by atoms with Crippen LogP contribution >= 0.6 is 11.3 Å². The minimum atomic E-state index is 0.240. The first-order valence-corrected chi connectivity index (χ1v) is 8.64. The van der Waals surface area contributed by atoms with E-state index < -0.39 is 0 Å². The molecule has 1 atom stereocenters. The summed E-state index contributed by atoms with van der Waals surface area (Å²) in [7, 11) is 0. The fourth-order valence-electron chi connectivity index (χ4n) is 3.30. The van der Waals surface area contributed by atoms with E-state index in [1.807, 2.05) is 11.6 Å².